The summed E-state index contributed by atoms with van der Waals surface area (Å²) >= 11 is 0. The number of nitrogens with zero attached hydrogens (tertiary/aromatic N) is 1. The van der Waals surface area contributed by atoms with Gasteiger partial charge < -0.3 is 9.88 Å². The van der Waals surface area contributed by atoms with Crippen LogP contribution in [0.3, 0.4) is 0 Å². The number of aromatic amines is 1. The number of hydrogen-bond donors (Lipinski definition) is 1. The number of nitrogens with one attached hydrogen (secondary N) is 1. The molecule has 0 saturated heterocycles. The number of aryl methyl sites for hydroxylation is 2. The first-order valence-corrected chi connectivity index (χ1v) is 6.89. The lowest BCUT2D eigenvalue weighted by molar-refractivity contribution is 0.0794. The first-order valence-electron chi connectivity index (χ1n) is 6.89. The van der Waals surface area contributed by atoms with Crippen molar-refractivity contribution in [1.29, 1.82) is 0 Å². The second-order valence-electron chi connectivity index (χ2n) is 5.25. The molecule has 1 amide bonds. The lowest BCUT2D eigenvalue weighted by Crippen LogP contribution is -2.28. The highest BCUT2D eigenvalue weighted by molar-refractivity contribution is 6.08. The first kappa shape index (κ1) is 13.7. The highest BCUT2D eigenvalue weighted by Gasteiger charge is 2.19. The molecule has 1 N–H and O–H groups in total. The van der Waals surface area contributed by atoms with Crippen LogP contribution in [0.2, 0.25) is 0 Å². The molecule has 0 bridgehead atoms. The zero-order valence-corrected chi connectivity index (χ0v) is 12.2. The molecule has 0 unspecified atom stereocenters. The van der Waals surface area contributed by atoms with Crippen LogP contribution in [-0.2, 0) is 0 Å². The van der Waals surface area contributed by atoms with Crippen molar-refractivity contribution < 1.29 is 4.79 Å². The van der Waals surface area contributed by atoms with Crippen LogP contribution in [0.4, 0.5) is 0 Å². The third-order valence-corrected chi connectivity index (χ3v) is 3.55. The molecule has 1 aromatic carbocycles. The van der Waals surface area contributed by atoms with Crippen molar-refractivity contribution in [3.8, 4) is 0 Å². The third-order valence-electron chi connectivity index (χ3n) is 3.55. The van der Waals surface area contributed by atoms with E-state index in [1.807, 2.05) is 24.9 Å². The number of amides is 1. The van der Waals surface area contributed by atoms with E-state index >= 15 is 0 Å². The van der Waals surface area contributed by atoms with E-state index in [0.29, 0.717) is 0 Å². The van der Waals surface area contributed by atoms with E-state index in [9.17, 15) is 4.79 Å². The third kappa shape index (κ3) is 2.65. The minimum atomic E-state index is 0.112. The zero-order chi connectivity index (χ0) is 14.0. The van der Waals surface area contributed by atoms with Gasteiger partial charge in [0.25, 0.3) is 5.91 Å². The van der Waals surface area contributed by atoms with Gasteiger partial charge in [-0.1, -0.05) is 25.5 Å². The lowest BCUT2D eigenvalue weighted by Gasteiger charge is -2.16. The number of fused-ring (bicyclic) bond motifs is 1. The minimum absolute atomic E-state index is 0.112. The van der Waals surface area contributed by atoms with Gasteiger partial charge >= 0.3 is 0 Å². The Kier molecular flexibility index (Phi) is 3.93. The largest absolute Gasteiger partial charge is 0.358 e. The highest BCUT2D eigenvalue weighted by atomic mass is 16.2. The maximum Gasteiger partial charge on any atom is 0.256 e. The van der Waals surface area contributed by atoms with Crippen molar-refractivity contribution in [1.82, 2.24) is 9.88 Å². The highest BCUT2D eigenvalue weighted by Crippen LogP contribution is 2.24. The Morgan fingerprint density at radius 3 is 2.74 bits per heavy atom. The Morgan fingerprint density at radius 2 is 2.05 bits per heavy atom. The van der Waals surface area contributed by atoms with Gasteiger partial charge in [0.15, 0.2) is 0 Å². The number of hydrogen-bond acceptors (Lipinski definition) is 1. The van der Waals surface area contributed by atoms with Crippen molar-refractivity contribution in [2.45, 2.75) is 33.6 Å². The van der Waals surface area contributed by atoms with E-state index in [1.165, 1.54) is 5.56 Å². The maximum atomic E-state index is 12.5. The monoisotopic (exact) mass is 258 g/mol. The fraction of sp³-hybridized carbons (Fsp3) is 0.438. The molecule has 0 aliphatic carbocycles. The molecule has 2 aromatic rings. The van der Waals surface area contributed by atoms with E-state index in [0.717, 1.165) is 41.5 Å². The molecule has 0 atom stereocenters. The van der Waals surface area contributed by atoms with Gasteiger partial charge in [-0.05, 0) is 31.9 Å². The molecule has 102 valence electrons. The molecule has 2 rings (SSSR count). The summed E-state index contributed by atoms with van der Waals surface area (Å²) in [6, 6.07) is 6.18. The van der Waals surface area contributed by atoms with Crippen LogP contribution >= 0.6 is 0 Å². The lowest BCUT2D eigenvalue weighted by atomic mass is 10.1. The average Bonchev–Trinajstić information content (AvgIpc) is 2.70. The smallest absolute Gasteiger partial charge is 0.256 e. The molecule has 0 fully saturated rings. The van der Waals surface area contributed by atoms with E-state index in [2.05, 4.69) is 31.0 Å². The molecule has 1 heterocycles. The Balaban J connectivity index is 2.39. The van der Waals surface area contributed by atoms with E-state index in [1.54, 1.807) is 0 Å². The quantitative estimate of drug-likeness (QED) is 0.892. The van der Waals surface area contributed by atoms with Gasteiger partial charge in [-0.15, -0.1) is 0 Å². The number of rotatable bonds is 4. The molecule has 0 spiro atoms. The molecule has 19 heavy (non-hydrogen) atoms. The molecule has 1 aromatic heterocycles. The predicted octanol–water partition coefficient (Wildman–Crippen LogP) is 3.66. The van der Waals surface area contributed by atoms with Crippen molar-refractivity contribution in [3.05, 3.63) is 35.0 Å². The van der Waals surface area contributed by atoms with Crippen LogP contribution in [0, 0.1) is 13.8 Å². The zero-order valence-electron chi connectivity index (χ0n) is 12.2. The first-order chi connectivity index (χ1) is 9.04. The summed E-state index contributed by atoms with van der Waals surface area (Å²) in [5.41, 5.74) is 4.01. The molecule has 0 aliphatic rings. The van der Waals surface area contributed by atoms with Crippen molar-refractivity contribution in [3.63, 3.8) is 0 Å². The second-order valence-corrected chi connectivity index (χ2v) is 5.25. The Bertz CT molecular complexity index is 598. The second kappa shape index (κ2) is 5.47. The Hall–Kier alpha value is -1.77. The van der Waals surface area contributed by atoms with Gasteiger partial charge in [-0.2, -0.15) is 0 Å². The molecular weight excluding hydrogens is 236 g/mol. The molecule has 0 radical (unpaired) electrons. The van der Waals surface area contributed by atoms with Crippen LogP contribution < -0.4 is 0 Å². The minimum Gasteiger partial charge on any atom is -0.358 e. The summed E-state index contributed by atoms with van der Waals surface area (Å²) in [6.45, 7) is 6.98. The molecule has 3 nitrogen and oxygen atoms in total. The molecular formula is C16H22N2O. The summed E-state index contributed by atoms with van der Waals surface area (Å²) in [7, 11) is 1.88. The standard InChI is InChI=1S/C16H22N2O/c1-5-6-9-18(4)16(19)15-12(3)17-14-10-11(2)7-8-13(14)15/h7-8,10,17H,5-6,9H2,1-4H3. The van der Waals surface area contributed by atoms with Crippen molar-refractivity contribution >= 4 is 16.8 Å². The summed E-state index contributed by atoms with van der Waals surface area (Å²) in [6.07, 6.45) is 2.15. The van der Waals surface area contributed by atoms with Gasteiger partial charge in [0.05, 0.1) is 5.56 Å². The van der Waals surface area contributed by atoms with Crippen LogP contribution in [0.25, 0.3) is 10.9 Å². The molecule has 0 saturated carbocycles. The number of aromatic nitrogens is 1. The van der Waals surface area contributed by atoms with Gasteiger partial charge in [0.1, 0.15) is 0 Å². The Morgan fingerprint density at radius 1 is 1.32 bits per heavy atom. The van der Waals surface area contributed by atoms with E-state index in [-0.39, 0.29) is 5.91 Å². The van der Waals surface area contributed by atoms with Crippen LogP contribution in [0.1, 0.15) is 41.4 Å². The number of carbonyl (C=O) groups is 1. The van der Waals surface area contributed by atoms with Gasteiger partial charge in [-0.25, -0.2) is 0 Å². The van der Waals surface area contributed by atoms with Gasteiger partial charge in [0.2, 0.25) is 0 Å². The Labute approximate surface area is 114 Å². The summed E-state index contributed by atoms with van der Waals surface area (Å²) < 4.78 is 0. The number of carbonyl (C=O) groups excluding carboxylic acids is 1. The van der Waals surface area contributed by atoms with Gasteiger partial charge in [-0.3, -0.25) is 4.79 Å². The predicted molar refractivity (Wildman–Crippen MR) is 79.6 cm³/mol. The van der Waals surface area contributed by atoms with Gasteiger partial charge in [0, 0.05) is 30.2 Å². The molecule has 0 aliphatic heterocycles. The average molecular weight is 258 g/mol. The van der Waals surface area contributed by atoms with Crippen LogP contribution in [0.5, 0.6) is 0 Å². The summed E-state index contributed by atoms with van der Waals surface area (Å²) in [5, 5.41) is 1.02. The summed E-state index contributed by atoms with van der Waals surface area (Å²) in [5.74, 6) is 0.112. The van der Waals surface area contributed by atoms with Crippen molar-refractivity contribution in [2.75, 3.05) is 13.6 Å². The van der Waals surface area contributed by atoms with Crippen LogP contribution in [0.15, 0.2) is 18.2 Å². The van der Waals surface area contributed by atoms with E-state index in [4.69, 9.17) is 0 Å². The van der Waals surface area contributed by atoms with Crippen LogP contribution in [-0.4, -0.2) is 29.4 Å². The van der Waals surface area contributed by atoms with E-state index < -0.39 is 0 Å². The number of unbranched alkanes of at least 4 members (excludes halogenated alkanes) is 1. The maximum absolute atomic E-state index is 12.5. The topological polar surface area (TPSA) is 36.1 Å². The number of H-pyrrole nitrogens is 1. The summed E-state index contributed by atoms with van der Waals surface area (Å²) in [4.78, 5) is 17.7. The van der Waals surface area contributed by atoms with Crippen molar-refractivity contribution in [2.24, 2.45) is 0 Å². The SMILES string of the molecule is CCCCN(C)C(=O)c1c(C)[nH]c2cc(C)ccc12. The fourth-order valence-corrected chi connectivity index (χ4v) is 2.41. The number of benzene rings is 1. The molecule has 3 heteroatoms. The fourth-order valence-electron chi connectivity index (χ4n) is 2.41. The normalized spacial score (nSPS) is 10.9.